The molecule has 130 valence electrons. The highest BCUT2D eigenvalue weighted by atomic mass is 16.6. The Morgan fingerprint density at radius 2 is 1.35 bits per heavy atom. The SMILES string of the molecule is O=C(c1ccccc1)[C@@H](c1ccccc1)[C@@H](O)c1ccc([N+](=O)[O-])cc1. The fourth-order valence-corrected chi connectivity index (χ4v) is 2.91. The second-order valence-electron chi connectivity index (χ2n) is 5.91. The van der Waals surface area contributed by atoms with Crippen LogP contribution in [0.1, 0.15) is 33.5 Å². The predicted molar refractivity (Wildman–Crippen MR) is 98.0 cm³/mol. The quantitative estimate of drug-likeness (QED) is 0.410. The van der Waals surface area contributed by atoms with Crippen LogP contribution in [0.3, 0.4) is 0 Å². The summed E-state index contributed by atoms with van der Waals surface area (Å²) >= 11 is 0. The maximum atomic E-state index is 13.1. The summed E-state index contributed by atoms with van der Waals surface area (Å²) in [5, 5.41) is 21.7. The van der Waals surface area contributed by atoms with Gasteiger partial charge in [0.05, 0.1) is 16.9 Å². The molecule has 0 bridgehead atoms. The van der Waals surface area contributed by atoms with E-state index in [-0.39, 0.29) is 11.5 Å². The van der Waals surface area contributed by atoms with E-state index in [1.54, 1.807) is 36.4 Å². The average Bonchev–Trinajstić information content (AvgIpc) is 2.69. The van der Waals surface area contributed by atoms with Crippen molar-refractivity contribution in [3.63, 3.8) is 0 Å². The van der Waals surface area contributed by atoms with Crippen LogP contribution in [-0.2, 0) is 0 Å². The topological polar surface area (TPSA) is 80.4 Å². The monoisotopic (exact) mass is 347 g/mol. The van der Waals surface area contributed by atoms with Crippen LogP contribution < -0.4 is 0 Å². The molecule has 0 saturated heterocycles. The van der Waals surface area contributed by atoms with E-state index in [0.717, 1.165) is 0 Å². The van der Waals surface area contributed by atoms with Crippen molar-refractivity contribution in [2.24, 2.45) is 0 Å². The fraction of sp³-hybridized carbons (Fsp3) is 0.0952. The maximum Gasteiger partial charge on any atom is 0.269 e. The number of Topliss-reactive ketones (excluding diaryl/α,β-unsaturated/α-hetero) is 1. The maximum absolute atomic E-state index is 13.1. The summed E-state index contributed by atoms with van der Waals surface area (Å²) in [5.41, 5.74) is 1.58. The summed E-state index contributed by atoms with van der Waals surface area (Å²) in [6.45, 7) is 0. The van der Waals surface area contributed by atoms with E-state index in [2.05, 4.69) is 0 Å². The molecular weight excluding hydrogens is 330 g/mol. The molecular formula is C21H17NO4. The number of nitrogens with zero attached hydrogens (tertiary/aromatic N) is 1. The molecule has 0 fully saturated rings. The smallest absolute Gasteiger partial charge is 0.269 e. The number of carbonyl (C=O) groups is 1. The third kappa shape index (κ3) is 3.68. The van der Waals surface area contributed by atoms with Gasteiger partial charge in [-0.3, -0.25) is 14.9 Å². The molecule has 26 heavy (non-hydrogen) atoms. The van der Waals surface area contributed by atoms with Gasteiger partial charge in [-0.15, -0.1) is 0 Å². The molecule has 3 rings (SSSR count). The highest BCUT2D eigenvalue weighted by Gasteiger charge is 2.30. The fourth-order valence-electron chi connectivity index (χ4n) is 2.91. The number of nitro groups is 1. The normalized spacial score (nSPS) is 13.0. The van der Waals surface area contributed by atoms with Crippen molar-refractivity contribution in [3.05, 3.63) is 112 Å². The molecule has 0 aliphatic rings. The van der Waals surface area contributed by atoms with Crippen molar-refractivity contribution >= 4 is 11.5 Å². The Balaban J connectivity index is 2.00. The van der Waals surface area contributed by atoms with E-state index in [4.69, 9.17) is 0 Å². The second-order valence-corrected chi connectivity index (χ2v) is 5.91. The number of aliphatic hydroxyl groups is 1. The molecule has 1 N–H and O–H groups in total. The van der Waals surface area contributed by atoms with Gasteiger partial charge in [0.2, 0.25) is 0 Å². The summed E-state index contributed by atoms with van der Waals surface area (Å²) in [5.74, 6) is -1.01. The van der Waals surface area contributed by atoms with E-state index in [0.29, 0.717) is 16.7 Å². The first-order chi connectivity index (χ1) is 12.6. The standard InChI is InChI=1S/C21H17NO4/c23-20(16-9-5-2-6-10-16)19(15-7-3-1-4-8-15)21(24)17-11-13-18(14-12-17)22(25)26/h1-14,19,21,24H/t19-,21+/m1/s1. The minimum Gasteiger partial charge on any atom is -0.387 e. The zero-order valence-corrected chi connectivity index (χ0v) is 13.9. The Bertz CT molecular complexity index is 892. The predicted octanol–water partition coefficient (Wildman–Crippen LogP) is 4.29. The Morgan fingerprint density at radius 3 is 1.88 bits per heavy atom. The van der Waals surface area contributed by atoms with Crippen LogP contribution in [0.5, 0.6) is 0 Å². The van der Waals surface area contributed by atoms with Crippen LogP contribution in [-0.4, -0.2) is 15.8 Å². The van der Waals surface area contributed by atoms with Crippen LogP contribution in [0.2, 0.25) is 0 Å². The van der Waals surface area contributed by atoms with Gasteiger partial charge in [0.1, 0.15) is 0 Å². The van der Waals surface area contributed by atoms with Crippen molar-refractivity contribution in [2.45, 2.75) is 12.0 Å². The highest BCUT2D eigenvalue weighted by Crippen LogP contribution is 2.34. The molecule has 0 heterocycles. The van der Waals surface area contributed by atoms with Gasteiger partial charge < -0.3 is 5.11 Å². The number of nitro benzene ring substituents is 1. The lowest BCUT2D eigenvalue weighted by Gasteiger charge is -2.23. The minimum absolute atomic E-state index is 0.0633. The zero-order chi connectivity index (χ0) is 18.5. The summed E-state index contributed by atoms with van der Waals surface area (Å²) in [6.07, 6.45) is -1.12. The van der Waals surface area contributed by atoms with Crippen molar-refractivity contribution in [3.8, 4) is 0 Å². The average molecular weight is 347 g/mol. The van der Waals surface area contributed by atoms with E-state index in [9.17, 15) is 20.0 Å². The van der Waals surface area contributed by atoms with Crippen molar-refractivity contribution in [1.82, 2.24) is 0 Å². The third-order valence-corrected chi connectivity index (χ3v) is 4.26. The lowest BCUT2D eigenvalue weighted by atomic mass is 9.83. The summed E-state index contributed by atoms with van der Waals surface area (Å²) in [4.78, 5) is 23.4. The largest absolute Gasteiger partial charge is 0.387 e. The molecule has 3 aromatic rings. The number of aliphatic hydroxyl groups excluding tert-OH is 1. The second kappa shape index (κ2) is 7.72. The van der Waals surface area contributed by atoms with E-state index in [1.165, 1.54) is 24.3 Å². The van der Waals surface area contributed by atoms with Crippen LogP contribution in [0.4, 0.5) is 5.69 Å². The molecule has 0 radical (unpaired) electrons. The van der Waals surface area contributed by atoms with E-state index >= 15 is 0 Å². The zero-order valence-electron chi connectivity index (χ0n) is 13.9. The third-order valence-electron chi connectivity index (χ3n) is 4.26. The Labute approximate surface area is 150 Å². The number of benzene rings is 3. The lowest BCUT2D eigenvalue weighted by Crippen LogP contribution is -2.21. The van der Waals surface area contributed by atoms with Crippen molar-refractivity contribution in [2.75, 3.05) is 0 Å². The lowest BCUT2D eigenvalue weighted by molar-refractivity contribution is -0.384. The number of non-ortho nitro benzene ring substituents is 1. The molecule has 0 amide bonds. The van der Waals surface area contributed by atoms with Gasteiger partial charge >= 0.3 is 0 Å². The van der Waals surface area contributed by atoms with E-state index in [1.807, 2.05) is 24.3 Å². The highest BCUT2D eigenvalue weighted by molar-refractivity contribution is 6.01. The van der Waals surface area contributed by atoms with Gasteiger partial charge in [-0.05, 0) is 23.3 Å². The van der Waals surface area contributed by atoms with Gasteiger partial charge in [-0.25, -0.2) is 0 Å². The minimum atomic E-state index is -1.12. The Hall–Kier alpha value is -3.31. The first kappa shape index (κ1) is 17.5. The van der Waals surface area contributed by atoms with Crippen molar-refractivity contribution < 1.29 is 14.8 Å². The number of rotatable bonds is 6. The molecule has 0 unspecified atom stereocenters. The molecule has 5 heteroatoms. The van der Waals surface area contributed by atoms with E-state index < -0.39 is 16.9 Å². The number of carbonyl (C=O) groups excluding carboxylic acids is 1. The van der Waals surface area contributed by atoms with Gasteiger partial charge in [0.15, 0.2) is 5.78 Å². The molecule has 0 aromatic heterocycles. The molecule has 5 nitrogen and oxygen atoms in total. The van der Waals surface area contributed by atoms with Crippen LogP contribution in [0, 0.1) is 10.1 Å². The molecule has 3 aromatic carbocycles. The summed E-state index contributed by atoms with van der Waals surface area (Å²) in [7, 11) is 0. The number of hydrogen-bond donors (Lipinski definition) is 1. The van der Waals surface area contributed by atoms with Gasteiger partial charge in [0, 0.05) is 17.7 Å². The molecule has 2 atom stereocenters. The van der Waals surface area contributed by atoms with Crippen LogP contribution >= 0.6 is 0 Å². The first-order valence-electron chi connectivity index (χ1n) is 8.14. The van der Waals surface area contributed by atoms with Crippen LogP contribution in [0.25, 0.3) is 0 Å². The van der Waals surface area contributed by atoms with Gasteiger partial charge in [0.25, 0.3) is 5.69 Å². The Morgan fingerprint density at radius 1 is 0.808 bits per heavy atom. The molecule has 0 aliphatic carbocycles. The van der Waals surface area contributed by atoms with Gasteiger partial charge in [-0.1, -0.05) is 60.7 Å². The molecule has 0 spiro atoms. The van der Waals surface area contributed by atoms with Gasteiger partial charge in [-0.2, -0.15) is 0 Å². The molecule has 0 saturated carbocycles. The number of ketones is 1. The van der Waals surface area contributed by atoms with Crippen molar-refractivity contribution in [1.29, 1.82) is 0 Å². The summed E-state index contributed by atoms with van der Waals surface area (Å²) < 4.78 is 0. The molecule has 0 aliphatic heterocycles. The Kier molecular flexibility index (Phi) is 5.20. The van der Waals surface area contributed by atoms with Crippen LogP contribution in [0.15, 0.2) is 84.9 Å². The number of hydrogen-bond acceptors (Lipinski definition) is 4. The first-order valence-corrected chi connectivity index (χ1v) is 8.14. The summed E-state index contributed by atoms with van der Waals surface area (Å²) in [6, 6.07) is 23.4.